The smallest absolute Gasteiger partial charge is 0.218 e. The fourth-order valence-electron chi connectivity index (χ4n) is 1.35. The number of ether oxygens (including phenoxy) is 1. The summed E-state index contributed by atoms with van der Waals surface area (Å²) in [4.78, 5) is 3.95. The molecular weight excluding hydrogens is 182 g/mol. The van der Waals surface area contributed by atoms with E-state index < -0.39 is 6.10 Å². The molecule has 4 heteroatoms. The van der Waals surface area contributed by atoms with E-state index >= 15 is 0 Å². The van der Waals surface area contributed by atoms with E-state index in [9.17, 15) is 5.11 Å². The SMILES string of the molecule is CCC(O)c1ccnc(OC)c1CO. The molecule has 0 saturated heterocycles. The molecule has 1 aromatic heterocycles. The van der Waals surface area contributed by atoms with Crippen molar-refractivity contribution in [1.29, 1.82) is 0 Å². The summed E-state index contributed by atoms with van der Waals surface area (Å²) in [5.74, 6) is 0.373. The van der Waals surface area contributed by atoms with Gasteiger partial charge in [-0.2, -0.15) is 0 Å². The minimum atomic E-state index is -0.575. The number of aliphatic hydroxyl groups is 2. The normalized spacial score (nSPS) is 12.6. The second-order valence-corrected chi connectivity index (χ2v) is 2.97. The highest BCUT2D eigenvalue weighted by molar-refractivity contribution is 5.35. The fourth-order valence-corrected chi connectivity index (χ4v) is 1.35. The van der Waals surface area contributed by atoms with Crippen LogP contribution in [0.3, 0.4) is 0 Å². The van der Waals surface area contributed by atoms with Gasteiger partial charge in [0.05, 0.1) is 19.8 Å². The highest BCUT2D eigenvalue weighted by Gasteiger charge is 2.14. The van der Waals surface area contributed by atoms with Crippen LogP contribution in [0.15, 0.2) is 12.3 Å². The number of pyridine rings is 1. The first-order chi connectivity index (χ1) is 6.74. The van der Waals surface area contributed by atoms with Crippen LogP contribution in [0.4, 0.5) is 0 Å². The van der Waals surface area contributed by atoms with Crippen LogP contribution in [-0.2, 0) is 6.61 Å². The number of hydrogen-bond donors (Lipinski definition) is 2. The standard InChI is InChI=1S/C10H15NO3/c1-3-9(13)7-4-5-11-10(14-2)8(7)6-12/h4-5,9,12-13H,3,6H2,1-2H3. The van der Waals surface area contributed by atoms with Crippen LogP contribution in [0.5, 0.6) is 5.88 Å². The molecule has 0 bridgehead atoms. The molecule has 0 amide bonds. The van der Waals surface area contributed by atoms with E-state index in [0.717, 1.165) is 0 Å². The minimum absolute atomic E-state index is 0.177. The zero-order chi connectivity index (χ0) is 10.6. The Balaban J connectivity index is 3.14. The van der Waals surface area contributed by atoms with Gasteiger partial charge < -0.3 is 14.9 Å². The van der Waals surface area contributed by atoms with Gasteiger partial charge in [-0.05, 0) is 18.1 Å². The third kappa shape index (κ3) is 2.02. The number of aromatic nitrogens is 1. The van der Waals surface area contributed by atoms with Gasteiger partial charge >= 0.3 is 0 Å². The average molecular weight is 197 g/mol. The van der Waals surface area contributed by atoms with Crippen molar-refractivity contribution in [2.75, 3.05) is 7.11 Å². The zero-order valence-electron chi connectivity index (χ0n) is 8.40. The summed E-state index contributed by atoms with van der Waals surface area (Å²) in [6.07, 6.45) is 1.58. The van der Waals surface area contributed by atoms with Crippen LogP contribution in [0, 0.1) is 0 Å². The molecule has 78 valence electrons. The Morgan fingerprint density at radius 1 is 1.57 bits per heavy atom. The minimum Gasteiger partial charge on any atom is -0.481 e. The van der Waals surface area contributed by atoms with Crippen LogP contribution in [0.1, 0.15) is 30.6 Å². The average Bonchev–Trinajstić information content (AvgIpc) is 2.26. The number of methoxy groups -OCH3 is 1. The molecular formula is C10H15NO3. The van der Waals surface area contributed by atoms with Gasteiger partial charge in [-0.15, -0.1) is 0 Å². The van der Waals surface area contributed by atoms with Crippen molar-refractivity contribution < 1.29 is 14.9 Å². The number of aliphatic hydroxyl groups excluding tert-OH is 2. The Labute approximate surface area is 83.2 Å². The monoisotopic (exact) mass is 197 g/mol. The van der Waals surface area contributed by atoms with Gasteiger partial charge in [0.2, 0.25) is 5.88 Å². The predicted octanol–water partition coefficient (Wildman–Crippen LogP) is 1.03. The first-order valence-corrected chi connectivity index (χ1v) is 4.55. The van der Waals surface area contributed by atoms with Crippen molar-refractivity contribution in [3.8, 4) is 5.88 Å². The molecule has 1 heterocycles. The van der Waals surface area contributed by atoms with Crippen molar-refractivity contribution in [2.24, 2.45) is 0 Å². The van der Waals surface area contributed by atoms with E-state index in [1.165, 1.54) is 7.11 Å². The molecule has 0 aliphatic heterocycles. The van der Waals surface area contributed by atoms with Gasteiger partial charge in [-0.1, -0.05) is 6.92 Å². The van der Waals surface area contributed by atoms with Crippen LogP contribution in [-0.4, -0.2) is 22.3 Å². The number of hydrogen-bond acceptors (Lipinski definition) is 4. The van der Waals surface area contributed by atoms with Crippen LogP contribution >= 0.6 is 0 Å². The zero-order valence-corrected chi connectivity index (χ0v) is 8.40. The molecule has 4 nitrogen and oxygen atoms in total. The Morgan fingerprint density at radius 3 is 2.79 bits per heavy atom. The molecule has 0 spiro atoms. The molecule has 0 fully saturated rings. The summed E-state index contributed by atoms with van der Waals surface area (Å²) in [5.41, 5.74) is 1.24. The van der Waals surface area contributed by atoms with E-state index in [1.807, 2.05) is 6.92 Å². The predicted molar refractivity (Wildman–Crippen MR) is 52.0 cm³/mol. The van der Waals surface area contributed by atoms with Crippen molar-refractivity contribution >= 4 is 0 Å². The Bertz CT molecular complexity index is 301. The maximum absolute atomic E-state index is 9.67. The Morgan fingerprint density at radius 2 is 2.29 bits per heavy atom. The van der Waals surface area contributed by atoms with Gasteiger partial charge in [0, 0.05) is 11.8 Å². The summed E-state index contributed by atoms with van der Waals surface area (Å²) in [5, 5.41) is 18.8. The van der Waals surface area contributed by atoms with Gasteiger partial charge in [-0.3, -0.25) is 0 Å². The third-order valence-electron chi connectivity index (χ3n) is 2.15. The van der Waals surface area contributed by atoms with E-state index in [4.69, 9.17) is 9.84 Å². The molecule has 1 aromatic rings. The Kier molecular flexibility index (Phi) is 3.85. The Hall–Kier alpha value is -1.13. The maximum Gasteiger partial charge on any atom is 0.218 e. The molecule has 2 N–H and O–H groups in total. The van der Waals surface area contributed by atoms with Crippen molar-refractivity contribution in [3.63, 3.8) is 0 Å². The molecule has 1 unspecified atom stereocenters. The largest absolute Gasteiger partial charge is 0.481 e. The molecule has 0 saturated carbocycles. The van der Waals surface area contributed by atoms with Crippen LogP contribution < -0.4 is 4.74 Å². The van der Waals surface area contributed by atoms with Gasteiger partial charge in [0.1, 0.15) is 0 Å². The molecule has 0 radical (unpaired) electrons. The highest BCUT2D eigenvalue weighted by atomic mass is 16.5. The lowest BCUT2D eigenvalue weighted by atomic mass is 10.0. The molecule has 0 aromatic carbocycles. The number of rotatable bonds is 4. The second-order valence-electron chi connectivity index (χ2n) is 2.97. The van der Waals surface area contributed by atoms with Crippen LogP contribution in [0.2, 0.25) is 0 Å². The van der Waals surface area contributed by atoms with Gasteiger partial charge in [-0.25, -0.2) is 4.98 Å². The maximum atomic E-state index is 9.67. The summed E-state index contributed by atoms with van der Waals surface area (Å²) < 4.78 is 4.99. The molecule has 0 aliphatic rings. The van der Waals surface area contributed by atoms with E-state index in [1.54, 1.807) is 12.3 Å². The quantitative estimate of drug-likeness (QED) is 0.756. The molecule has 0 aliphatic carbocycles. The van der Waals surface area contributed by atoms with Crippen molar-refractivity contribution in [1.82, 2.24) is 4.98 Å². The fraction of sp³-hybridized carbons (Fsp3) is 0.500. The lowest BCUT2D eigenvalue weighted by molar-refractivity contribution is 0.167. The van der Waals surface area contributed by atoms with Gasteiger partial charge in [0.15, 0.2) is 0 Å². The van der Waals surface area contributed by atoms with Crippen LogP contribution in [0.25, 0.3) is 0 Å². The summed E-state index contributed by atoms with van der Waals surface area (Å²) in [7, 11) is 1.49. The second kappa shape index (κ2) is 4.93. The van der Waals surface area contributed by atoms with Crippen molar-refractivity contribution in [3.05, 3.63) is 23.4 Å². The highest BCUT2D eigenvalue weighted by Crippen LogP contribution is 2.26. The molecule has 1 rings (SSSR count). The lowest BCUT2D eigenvalue weighted by Crippen LogP contribution is -2.04. The lowest BCUT2D eigenvalue weighted by Gasteiger charge is -2.14. The summed E-state index contributed by atoms with van der Waals surface area (Å²) in [6.45, 7) is 1.70. The number of nitrogens with zero attached hydrogens (tertiary/aromatic N) is 1. The topological polar surface area (TPSA) is 62.6 Å². The van der Waals surface area contributed by atoms with E-state index in [0.29, 0.717) is 23.4 Å². The molecule has 14 heavy (non-hydrogen) atoms. The summed E-state index contributed by atoms with van der Waals surface area (Å²) >= 11 is 0. The third-order valence-corrected chi connectivity index (χ3v) is 2.15. The van der Waals surface area contributed by atoms with E-state index in [-0.39, 0.29) is 6.61 Å². The first-order valence-electron chi connectivity index (χ1n) is 4.55. The first kappa shape index (κ1) is 10.9. The van der Waals surface area contributed by atoms with E-state index in [2.05, 4.69) is 4.98 Å². The molecule has 1 atom stereocenters. The van der Waals surface area contributed by atoms with Crippen molar-refractivity contribution in [2.45, 2.75) is 26.1 Å². The van der Waals surface area contributed by atoms with Gasteiger partial charge in [0.25, 0.3) is 0 Å². The summed E-state index contributed by atoms with van der Waals surface area (Å²) in [6, 6.07) is 1.70.